The number of nitrogens with zero attached hydrogens (tertiary/aromatic N) is 2. The lowest BCUT2D eigenvalue weighted by Gasteiger charge is -2.33. The number of hydrogen-bond acceptors (Lipinski definition) is 4. The van der Waals surface area contributed by atoms with Crippen molar-refractivity contribution in [2.45, 2.75) is 98.2 Å². The second kappa shape index (κ2) is 14.0. The Hall–Kier alpha value is -1.14. The highest BCUT2D eigenvalue weighted by Crippen LogP contribution is 2.40. The average Bonchev–Trinajstić information content (AvgIpc) is 3.25. The van der Waals surface area contributed by atoms with E-state index in [0.717, 1.165) is 31.7 Å². The standard InChI is InChI=1S/C11H19NO2.C8H15NO2.2C2H6/c1-7-3-4-9-8(5-7)6-10(11(13)14)12(9)2;1-3-6-4-7(8(10)11)9(2)5-6;2*1-2/h7-10H,3-6H2,1-2H3,(H,13,14);6-7H,3-5H2,1-2H3,(H,10,11);2*1-2H3. The van der Waals surface area contributed by atoms with E-state index in [1.54, 1.807) is 0 Å². The van der Waals surface area contributed by atoms with Crippen molar-refractivity contribution in [3.8, 4) is 0 Å². The molecule has 1 saturated carbocycles. The number of fused-ring (bicyclic) bond motifs is 1. The van der Waals surface area contributed by atoms with Gasteiger partial charge in [-0.1, -0.05) is 48.0 Å². The zero-order valence-electron chi connectivity index (χ0n) is 20.0. The van der Waals surface area contributed by atoms with E-state index in [1.165, 1.54) is 19.3 Å². The first kappa shape index (κ1) is 27.9. The van der Waals surface area contributed by atoms with Crippen LogP contribution in [-0.2, 0) is 9.59 Å². The van der Waals surface area contributed by atoms with E-state index in [9.17, 15) is 9.59 Å². The van der Waals surface area contributed by atoms with Crippen LogP contribution in [0.25, 0.3) is 0 Å². The maximum absolute atomic E-state index is 11.0. The van der Waals surface area contributed by atoms with Crippen LogP contribution < -0.4 is 0 Å². The maximum Gasteiger partial charge on any atom is 0.320 e. The maximum atomic E-state index is 11.0. The smallest absolute Gasteiger partial charge is 0.320 e. The Bertz CT molecular complexity index is 485. The van der Waals surface area contributed by atoms with Crippen molar-refractivity contribution in [3.63, 3.8) is 0 Å². The molecule has 0 amide bonds. The molecule has 29 heavy (non-hydrogen) atoms. The van der Waals surface area contributed by atoms with E-state index in [4.69, 9.17) is 10.2 Å². The molecule has 3 fully saturated rings. The molecule has 0 bridgehead atoms. The normalized spacial score (nSPS) is 33.8. The van der Waals surface area contributed by atoms with Gasteiger partial charge in [0.05, 0.1) is 0 Å². The minimum Gasteiger partial charge on any atom is -0.480 e. The molecule has 2 saturated heterocycles. The summed E-state index contributed by atoms with van der Waals surface area (Å²) in [4.78, 5) is 25.6. The number of likely N-dealkylation sites (N-methyl/N-ethyl adjacent to an activating group) is 2. The summed E-state index contributed by atoms with van der Waals surface area (Å²) in [5.41, 5.74) is 0. The Kier molecular flexibility index (Phi) is 13.4. The third-order valence-electron chi connectivity index (χ3n) is 6.53. The van der Waals surface area contributed by atoms with E-state index in [2.05, 4.69) is 18.7 Å². The van der Waals surface area contributed by atoms with Crippen molar-refractivity contribution in [1.82, 2.24) is 9.80 Å². The molecule has 6 heteroatoms. The number of hydrogen-bond donors (Lipinski definition) is 2. The van der Waals surface area contributed by atoms with E-state index in [0.29, 0.717) is 17.9 Å². The van der Waals surface area contributed by atoms with Gasteiger partial charge in [-0.25, -0.2) is 0 Å². The molecule has 3 aliphatic rings. The lowest BCUT2D eigenvalue weighted by Crippen LogP contribution is -2.39. The van der Waals surface area contributed by atoms with Gasteiger partial charge in [0.25, 0.3) is 0 Å². The summed E-state index contributed by atoms with van der Waals surface area (Å²) in [5, 5.41) is 17.8. The quantitative estimate of drug-likeness (QED) is 0.711. The van der Waals surface area contributed by atoms with Crippen molar-refractivity contribution >= 4 is 11.9 Å². The topological polar surface area (TPSA) is 81.1 Å². The fraction of sp³-hybridized carbons (Fsp3) is 0.913. The van der Waals surface area contributed by atoms with Gasteiger partial charge < -0.3 is 10.2 Å². The molecule has 0 aromatic rings. The zero-order valence-corrected chi connectivity index (χ0v) is 20.0. The Morgan fingerprint density at radius 1 is 0.897 bits per heavy atom. The van der Waals surface area contributed by atoms with Crippen LogP contribution in [0.1, 0.15) is 80.1 Å². The molecule has 2 aliphatic heterocycles. The van der Waals surface area contributed by atoms with E-state index in [1.807, 2.05) is 46.7 Å². The van der Waals surface area contributed by atoms with Crippen LogP contribution >= 0.6 is 0 Å². The van der Waals surface area contributed by atoms with Gasteiger partial charge in [-0.3, -0.25) is 19.4 Å². The van der Waals surface area contributed by atoms with Crippen molar-refractivity contribution in [2.75, 3.05) is 20.6 Å². The molecule has 2 N–H and O–H groups in total. The zero-order chi connectivity index (χ0) is 22.7. The van der Waals surface area contributed by atoms with Crippen LogP contribution in [-0.4, -0.2) is 70.7 Å². The number of aliphatic carboxylic acids is 2. The summed E-state index contributed by atoms with van der Waals surface area (Å²) < 4.78 is 0. The number of carboxylic acid groups (broad SMARTS) is 2. The summed E-state index contributed by atoms with van der Waals surface area (Å²) in [6.45, 7) is 13.3. The highest BCUT2D eigenvalue weighted by molar-refractivity contribution is 5.74. The molecule has 6 unspecified atom stereocenters. The number of carbonyl (C=O) groups is 2. The monoisotopic (exact) mass is 414 g/mol. The summed E-state index contributed by atoms with van der Waals surface area (Å²) in [6, 6.07) is 0.0718. The number of carboxylic acids is 2. The van der Waals surface area contributed by atoms with Crippen molar-refractivity contribution < 1.29 is 19.8 Å². The van der Waals surface area contributed by atoms with Crippen molar-refractivity contribution in [1.29, 1.82) is 0 Å². The molecular weight excluding hydrogens is 368 g/mol. The first-order valence-corrected chi connectivity index (χ1v) is 11.6. The lowest BCUT2D eigenvalue weighted by atomic mass is 9.79. The van der Waals surface area contributed by atoms with E-state index in [-0.39, 0.29) is 12.1 Å². The highest BCUT2D eigenvalue weighted by atomic mass is 16.4. The second-order valence-corrected chi connectivity index (χ2v) is 8.30. The molecule has 2 heterocycles. The molecule has 0 radical (unpaired) electrons. The van der Waals surface area contributed by atoms with Crippen LogP contribution in [0.5, 0.6) is 0 Å². The van der Waals surface area contributed by atoms with Crippen LogP contribution in [0.2, 0.25) is 0 Å². The third kappa shape index (κ3) is 7.89. The summed E-state index contributed by atoms with van der Waals surface area (Å²) in [5.74, 6) is 0.682. The molecule has 3 rings (SSSR count). The van der Waals surface area contributed by atoms with Gasteiger partial charge in [0, 0.05) is 12.6 Å². The van der Waals surface area contributed by atoms with Gasteiger partial charge >= 0.3 is 11.9 Å². The Morgan fingerprint density at radius 3 is 1.86 bits per heavy atom. The average molecular weight is 415 g/mol. The molecule has 0 spiro atoms. The number of rotatable bonds is 3. The van der Waals surface area contributed by atoms with E-state index < -0.39 is 11.9 Å². The van der Waals surface area contributed by atoms with Crippen molar-refractivity contribution in [3.05, 3.63) is 0 Å². The Labute approximate surface area is 178 Å². The van der Waals surface area contributed by atoms with E-state index >= 15 is 0 Å². The van der Waals surface area contributed by atoms with Gasteiger partial charge in [-0.2, -0.15) is 0 Å². The van der Waals surface area contributed by atoms with Gasteiger partial charge in [-0.05, 0) is 64.0 Å². The third-order valence-corrected chi connectivity index (χ3v) is 6.53. The summed E-state index contributed by atoms with van der Waals surface area (Å²) in [7, 11) is 3.86. The lowest BCUT2D eigenvalue weighted by molar-refractivity contribution is -0.142. The molecular formula is C23H46N2O4. The summed E-state index contributed by atoms with van der Waals surface area (Å²) in [6.07, 6.45) is 6.44. The van der Waals surface area contributed by atoms with Gasteiger partial charge in [-0.15, -0.1) is 0 Å². The highest BCUT2D eigenvalue weighted by Gasteiger charge is 2.44. The van der Waals surface area contributed by atoms with Crippen LogP contribution in [0.15, 0.2) is 0 Å². The minimum atomic E-state index is -0.677. The Morgan fingerprint density at radius 2 is 1.45 bits per heavy atom. The second-order valence-electron chi connectivity index (χ2n) is 8.30. The molecule has 172 valence electrons. The molecule has 0 aromatic carbocycles. The largest absolute Gasteiger partial charge is 0.480 e. The summed E-state index contributed by atoms with van der Waals surface area (Å²) >= 11 is 0. The molecule has 1 aliphatic carbocycles. The first-order valence-electron chi connectivity index (χ1n) is 11.6. The Balaban J connectivity index is 0.000000472. The van der Waals surface area contributed by atoms with Gasteiger partial charge in [0.1, 0.15) is 12.1 Å². The minimum absolute atomic E-state index is 0.227. The predicted molar refractivity (Wildman–Crippen MR) is 119 cm³/mol. The SMILES string of the molecule is CC.CC.CC1CCC2C(C1)CC(C(=O)O)N2C.CCC1CC(C(=O)O)N(C)C1. The first-order chi connectivity index (χ1) is 13.7. The van der Waals surface area contributed by atoms with Gasteiger partial charge in [0.2, 0.25) is 0 Å². The molecule has 0 aromatic heterocycles. The number of likely N-dealkylation sites (tertiary alicyclic amines) is 2. The fourth-order valence-corrected chi connectivity index (χ4v) is 4.92. The van der Waals surface area contributed by atoms with Crippen LogP contribution in [0, 0.1) is 17.8 Å². The van der Waals surface area contributed by atoms with Crippen molar-refractivity contribution in [2.24, 2.45) is 17.8 Å². The predicted octanol–water partition coefficient (Wildman–Crippen LogP) is 4.43. The van der Waals surface area contributed by atoms with Crippen LogP contribution in [0.4, 0.5) is 0 Å². The van der Waals surface area contributed by atoms with Gasteiger partial charge in [0.15, 0.2) is 0 Å². The molecule has 6 atom stereocenters. The van der Waals surface area contributed by atoms with Crippen LogP contribution in [0.3, 0.4) is 0 Å². The molecule has 6 nitrogen and oxygen atoms in total. The fourth-order valence-electron chi connectivity index (χ4n) is 4.92.